The number of aryl methyl sites for hydroxylation is 1. The molecular weight excluding hydrogens is 361 g/mol. The maximum absolute atomic E-state index is 14.0. The summed E-state index contributed by atoms with van der Waals surface area (Å²) in [6.45, 7) is 1.94. The van der Waals surface area contributed by atoms with Crippen molar-refractivity contribution in [2.45, 2.75) is 13.5 Å². The Kier molecular flexibility index (Phi) is 5.64. The van der Waals surface area contributed by atoms with Crippen molar-refractivity contribution in [1.29, 1.82) is 0 Å². The van der Waals surface area contributed by atoms with Crippen LogP contribution < -0.4 is 15.8 Å². The van der Waals surface area contributed by atoms with Gasteiger partial charge < -0.3 is 15.8 Å². The molecule has 0 aliphatic rings. The van der Waals surface area contributed by atoms with Crippen LogP contribution >= 0.6 is 0 Å². The maximum Gasteiger partial charge on any atom is 0.258 e. The van der Waals surface area contributed by atoms with Crippen LogP contribution in [0.4, 0.5) is 10.1 Å². The highest BCUT2D eigenvalue weighted by Gasteiger charge is 2.12. The zero-order chi connectivity index (χ0) is 20.1. The number of carbonyl (C=O) groups excluding carboxylic acids is 2. The largest absolute Gasteiger partial charge is 0.487 e. The van der Waals surface area contributed by atoms with Crippen molar-refractivity contribution in [3.8, 4) is 5.75 Å². The number of nitrogens with two attached hydrogens (primary N) is 1. The SMILES string of the molecule is Cc1ccc(C(=O)Nc2cccc(COc3cncc(C(N)=O)c3)c2)c(F)c1. The van der Waals surface area contributed by atoms with Gasteiger partial charge >= 0.3 is 0 Å². The van der Waals surface area contributed by atoms with Gasteiger partial charge in [-0.1, -0.05) is 18.2 Å². The Hall–Kier alpha value is -3.74. The molecule has 0 spiro atoms. The fourth-order valence-electron chi connectivity index (χ4n) is 2.54. The number of carbonyl (C=O) groups is 2. The number of hydrogen-bond acceptors (Lipinski definition) is 4. The third-order valence-electron chi connectivity index (χ3n) is 3.96. The Morgan fingerprint density at radius 2 is 1.96 bits per heavy atom. The molecule has 28 heavy (non-hydrogen) atoms. The number of anilines is 1. The number of primary amides is 1. The summed E-state index contributed by atoms with van der Waals surface area (Å²) in [5, 5.41) is 2.67. The minimum Gasteiger partial charge on any atom is -0.487 e. The van der Waals surface area contributed by atoms with Gasteiger partial charge in [0, 0.05) is 11.9 Å². The molecule has 0 saturated carbocycles. The molecule has 0 radical (unpaired) electrons. The average Bonchev–Trinajstić information content (AvgIpc) is 2.67. The first-order chi connectivity index (χ1) is 13.4. The van der Waals surface area contributed by atoms with Gasteiger partial charge in [0.2, 0.25) is 5.91 Å². The maximum atomic E-state index is 14.0. The molecule has 0 bridgehead atoms. The summed E-state index contributed by atoms with van der Waals surface area (Å²) < 4.78 is 19.6. The zero-order valence-electron chi connectivity index (χ0n) is 15.1. The van der Waals surface area contributed by atoms with Gasteiger partial charge in [-0.3, -0.25) is 14.6 Å². The van der Waals surface area contributed by atoms with Gasteiger partial charge in [-0.15, -0.1) is 0 Å². The van der Waals surface area contributed by atoms with E-state index in [0.717, 1.165) is 11.1 Å². The first kappa shape index (κ1) is 19.0. The third kappa shape index (κ3) is 4.70. The van der Waals surface area contributed by atoms with Crippen LogP contribution in [0.3, 0.4) is 0 Å². The van der Waals surface area contributed by atoms with E-state index in [1.165, 1.54) is 30.6 Å². The van der Waals surface area contributed by atoms with Crippen LogP contribution in [0.25, 0.3) is 0 Å². The Labute approximate surface area is 161 Å². The number of hydrogen-bond donors (Lipinski definition) is 2. The summed E-state index contributed by atoms with van der Waals surface area (Å²) in [7, 11) is 0. The molecule has 0 aliphatic heterocycles. The predicted octanol–water partition coefficient (Wildman–Crippen LogP) is 3.46. The molecule has 0 atom stereocenters. The molecule has 142 valence electrons. The smallest absolute Gasteiger partial charge is 0.258 e. The van der Waals surface area contributed by atoms with E-state index in [0.29, 0.717) is 11.4 Å². The fraction of sp³-hybridized carbons (Fsp3) is 0.0952. The van der Waals surface area contributed by atoms with E-state index in [9.17, 15) is 14.0 Å². The van der Waals surface area contributed by atoms with E-state index < -0.39 is 17.6 Å². The van der Waals surface area contributed by atoms with Crippen LogP contribution in [0, 0.1) is 12.7 Å². The molecule has 0 aliphatic carbocycles. The molecule has 6 nitrogen and oxygen atoms in total. The van der Waals surface area contributed by atoms with E-state index >= 15 is 0 Å². The van der Waals surface area contributed by atoms with Crippen molar-refractivity contribution in [3.05, 3.63) is 89.0 Å². The van der Waals surface area contributed by atoms with Gasteiger partial charge in [-0.05, 0) is 48.4 Å². The molecular formula is C21H18FN3O3. The molecule has 3 aromatic rings. The summed E-state index contributed by atoms with van der Waals surface area (Å²) in [5.74, 6) is -1.30. The summed E-state index contributed by atoms with van der Waals surface area (Å²) >= 11 is 0. The quantitative estimate of drug-likeness (QED) is 0.686. The highest BCUT2D eigenvalue weighted by molar-refractivity contribution is 6.04. The number of pyridine rings is 1. The van der Waals surface area contributed by atoms with Gasteiger partial charge in [0.25, 0.3) is 5.91 Å². The van der Waals surface area contributed by atoms with E-state index in [4.69, 9.17) is 10.5 Å². The number of benzene rings is 2. The molecule has 1 heterocycles. The number of ether oxygens (including phenoxy) is 1. The normalized spacial score (nSPS) is 10.4. The van der Waals surface area contributed by atoms with Crippen LogP contribution in [-0.2, 0) is 6.61 Å². The second-order valence-electron chi connectivity index (χ2n) is 6.20. The van der Waals surface area contributed by atoms with Gasteiger partial charge in [0.05, 0.1) is 17.3 Å². The molecule has 0 saturated heterocycles. The van der Waals surface area contributed by atoms with Crippen LogP contribution in [0.5, 0.6) is 5.75 Å². The van der Waals surface area contributed by atoms with Crippen molar-refractivity contribution in [2.75, 3.05) is 5.32 Å². The first-order valence-electron chi connectivity index (χ1n) is 8.46. The lowest BCUT2D eigenvalue weighted by atomic mass is 10.1. The summed E-state index contributed by atoms with van der Waals surface area (Å²) in [5.41, 5.74) is 7.46. The number of nitrogens with one attached hydrogen (secondary N) is 1. The standard InChI is InChI=1S/C21H18FN3O3/c1-13-5-6-18(19(22)7-13)21(27)25-16-4-2-3-14(8-16)12-28-17-9-15(20(23)26)10-24-11-17/h2-11H,12H2,1H3,(H2,23,26)(H,25,27). The van der Waals surface area contributed by atoms with Crippen molar-refractivity contribution in [1.82, 2.24) is 4.98 Å². The average molecular weight is 379 g/mol. The highest BCUT2D eigenvalue weighted by atomic mass is 19.1. The van der Waals surface area contributed by atoms with Crippen LogP contribution in [0.2, 0.25) is 0 Å². The number of halogens is 1. The van der Waals surface area contributed by atoms with Crippen molar-refractivity contribution < 1.29 is 18.7 Å². The monoisotopic (exact) mass is 379 g/mol. The Balaban J connectivity index is 1.68. The predicted molar refractivity (Wildman–Crippen MR) is 103 cm³/mol. The summed E-state index contributed by atoms with van der Waals surface area (Å²) in [4.78, 5) is 27.4. The second-order valence-corrected chi connectivity index (χ2v) is 6.20. The summed E-state index contributed by atoms with van der Waals surface area (Å²) in [6, 6.07) is 12.9. The van der Waals surface area contributed by atoms with Gasteiger partial charge in [0.15, 0.2) is 0 Å². The van der Waals surface area contributed by atoms with Gasteiger partial charge in [-0.2, -0.15) is 0 Å². The van der Waals surface area contributed by atoms with Crippen LogP contribution in [-0.4, -0.2) is 16.8 Å². The van der Waals surface area contributed by atoms with E-state index in [2.05, 4.69) is 10.3 Å². The van der Waals surface area contributed by atoms with E-state index in [-0.39, 0.29) is 17.7 Å². The van der Waals surface area contributed by atoms with E-state index in [1.54, 1.807) is 31.2 Å². The molecule has 3 rings (SSSR count). The van der Waals surface area contributed by atoms with Crippen molar-refractivity contribution >= 4 is 17.5 Å². The molecule has 1 aromatic heterocycles. The Morgan fingerprint density at radius 3 is 2.71 bits per heavy atom. The summed E-state index contributed by atoms with van der Waals surface area (Å²) in [6.07, 6.45) is 2.83. The lowest BCUT2D eigenvalue weighted by Gasteiger charge is -2.10. The van der Waals surface area contributed by atoms with Crippen molar-refractivity contribution in [2.24, 2.45) is 5.73 Å². The Bertz CT molecular complexity index is 1040. The second kappa shape index (κ2) is 8.30. The highest BCUT2D eigenvalue weighted by Crippen LogP contribution is 2.17. The first-order valence-corrected chi connectivity index (χ1v) is 8.46. The van der Waals surface area contributed by atoms with Gasteiger partial charge in [-0.25, -0.2) is 4.39 Å². The molecule has 7 heteroatoms. The van der Waals surface area contributed by atoms with Crippen LogP contribution in [0.15, 0.2) is 60.9 Å². The minimum atomic E-state index is -0.592. The van der Waals surface area contributed by atoms with Gasteiger partial charge in [0.1, 0.15) is 18.2 Å². The molecule has 0 unspecified atom stereocenters. The topological polar surface area (TPSA) is 94.3 Å². The molecule has 2 amide bonds. The fourth-order valence-corrected chi connectivity index (χ4v) is 2.54. The number of amides is 2. The molecule has 0 fully saturated rings. The minimum absolute atomic E-state index is 0.0263. The number of aromatic nitrogens is 1. The number of rotatable bonds is 6. The zero-order valence-corrected chi connectivity index (χ0v) is 15.1. The van der Waals surface area contributed by atoms with Crippen molar-refractivity contribution in [3.63, 3.8) is 0 Å². The molecule has 3 N–H and O–H groups in total. The Morgan fingerprint density at radius 1 is 1.14 bits per heavy atom. The lowest BCUT2D eigenvalue weighted by Crippen LogP contribution is -2.14. The van der Waals surface area contributed by atoms with Crippen LogP contribution in [0.1, 0.15) is 31.8 Å². The lowest BCUT2D eigenvalue weighted by molar-refractivity contribution is 0.0996. The third-order valence-corrected chi connectivity index (χ3v) is 3.96. The van der Waals surface area contributed by atoms with E-state index in [1.807, 2.05) is 6.07 Å². The number of nitrogens with zero attached hydrogens (tertiary/aromatic N) is 1. The molecule has 2 aromatic carbocycles.